The molecular formula is C23H23NO5S. The Hall–Kier alpha value is -3.06. The minimum absolute atomic E-state index is 0.0370. The predicted molar refractivity (Wildman–Crippen MR) is 112 cm³/mol. The number of carbonyl (C=O) groups excluding carboxylic acids is 1. The molecule has 1 amide bonds. The van der Waals surface area contributed by atoms with E-state index in [0.29, 0.717) is 6.54 Å². The maximum absolute atomic E-state index is 13.1. The second-order valence-electron chi connectivity index (χ2n) is 7.27. The van der Waals surface area contributed by atoms with Crippen LogP contribution in [-0.4, -0.2) is 32.9 Å². The van der Waals surface area contributed by atoms with E-state index in [9.17, 15) is 13.2 Å². The molecule has 2 heterocycles. The summed E-state index contributed by atoms with van der Waals surface area (Å²) in [5, 5.41) is 0. The molecule has 30 heavy (non-hydrogen) atoms. The standard InChI is InChI=1S/C23H23NO5S/c1-28-18-11-9-17(10-12-18)21-8-5-15-24(21)23(25)22-14-13-19(29-22)16-30(26,27)20-6-3-2-4-7-20/h2-4,6-7,9-14,21H,5,8,15-16H2,1H3. The highest BCUT2D eigenvalue weighted by Crippen LogP contribution is 2.34. The number of methoxy groups -OCH3 is 1. The summed E-state index contributed by atoms with van der Waals surface area (Å²) in [6.45, 7) is 0.633. The van der Waals surface area contributed by atoms with Crippen molar-refractivity contribution in [3.8, 4) is 5.75 Å². The molecule has 3 aromatic rings. The van der Waals surface area contributed by atoms with E-state index in [-0.39, 0.29) is 34.1 Å². The van der Waals surface area contributed by atoms with Gasteiger partial charge in [0.1, 0.15) is 17.3 Å². The highest BCUT2D eigenvalue weighted by atomic mass is 32.2. The number of rotatable bonds is 6. The summed E-state index contributed by atoms with van der Waals surface area (Å²) in [4.78, 5) is 15.1. The first kappa shape index (κ1) is 20.2. The first-order valence-electron chi connectivity index (χ1n) is 9.79. The maximum atomic E-state index is 13.1. The number of carbonyl (C=O) groups is 1. The normalized spacial score (nSPS) is 16.6. The number of hydrogen-bond acceptors (Lipinski definition) is 5. The van der Waals surface area contributed by atoms with Gasteiger partial charge >= 0.3 is 0 Å². The Balaban J connectivity index is 1.50. The third kappa shape index (κ3) is 4.11. The van der Waals surface area contributed by atoms with E-state index in [4.69, 9.17) is 9.15 Å². The highest BCUT2D eigenvalue weighted by Gasteiger charge is 2.32. The van der Waals surface area contributed by atoms with Crippen LogP contribution in [0.1, 0.15) is 40.8 Å². The summed E-state index contributed by atoms with van der Waals surface area (Å²) >= 11 is 0. The fraction of sp³-hybridized carbons (Fsp3) is 0.261. The van der Waals surface area contributed by atoms with Crippen molar-refractivity contribution < 1.29 is 22.4 Å². The van der Waals surface area contributed by atoms with Crippen molar-refractivity contribution in [2.24, 2.45) is 0 Å². The zero-order chi connectivity index (χ0) is 21.1. The summed E-state index contributed by atoms with van der Waals surface area (Å²) in [7, 11) is -1.92. The van der Waals surface area contributed by atoms with Gasteiger partial charge in [-0.2, -0.15) is 0 Å². The van der Waals surface area contributed by atoms with Crippen LogP contribution >= 0.6 is 0 Å². The van der Waals surface area contributed by atoms with E-state index >= 15 is 0 Å². The molecule has 0 bridgehead atoms. The van der Waals surface area contributed by atoms with E-state index in [1.807, 2.05) is 24.3 Å². The Kier molecular flexibility index (Phi) is 5.63. The van der Waals surface area contributed by atoms with Crippen molar-refractivity contribution >= 4 is 15.7 Å². The second kappa shape index (κ2) is 8.36. The monoisotopic (exact) mass is 425 g/mol. The number of amides is 1. The van der Waals surface area contributed by atoms with Gasteiger partial charge in [-0.1, -0.05) is 30.3 Å². The topological polar surface area (TPSA) is 76.8 Å². The lowest BCUT2D eigenvalue weighted by atomic mass is 10.0. The van der Waals surface area contributed by atoms with E-state index in [1.54, 1.807) is 54.5 Å². The van der Waals surface area contributed by atoms with Crippen LogP contribution in [0.25, 0.3) is 0 Å². The van der Waals surface area contributed by atoms with Gasteiger partial charge in [0.25, 0.3) is 5.91 Å². The quantitative estimate of drug-likeness (QED) is 0.590. The zero-order valence-electron chi connectivity index (χ0n) is 16.7. The van der Waals surface area contributed by atoms with Crippen molar-refractivity contribution in [1.29, 1.82) is 0 Å². The molecule has 2 aromatic carbocycles. The first-order valence-corrected chi connectivity index (χ1v) is 11.4. The Bertz CT molecular complexity index is 1120. The van der Waals surface area contributed by atoms with Gasteiger partial charge < -0.3 is 14.1 Å². The molecule has 1 unspecified atom stereocenters. The van der Waals surface area contributed by atoms with Gasteiger partial charge in [-0.25, -0.2) is 8.42 Å². The van der Waals surface area contributed by atoms with Crippen LogP contribution < -0.4 is 4.74 Å². The molecule has 1 saturated heterocycles. The largest absolute Gasteiger partial charge is 0.497 e. The molecule has 0 saturated carbocycles. The summed E-state index contributed by atoms with van der Waals surface area (Å²) in [5.41, 5.74) is 1.04. The van der Waals surface area contributed by atoms with Gasteiger partial charge in [0.05, 0.1) is 18.0 Å². The molecule has 0 spiro atoms. The Morgan fingerprint density at radius 1 is 1.07 bits per heavy atom. The molecule has 7 heteroatoms. The van der Waals surface area contributed by atoms with Crippen LogP contribution in [0, 0.1) is 0 Å². The van der Waals surface area contributed by atoms with Crippen LogP contribution in [0.3, 0.4) is 0 Å². The van der Waals surface area contributed by atoms with E-state index in [1.165, 1.54) is 0 Å². The number of likely N-dealkylation sites (tertiary alicyclic amines) is 1. The number of ether oxygens (including phenoxy) is 1. The molecule has 1 atom stereocenters. The fourth-order valence-electron chi connectivity index (χ4n) is 3.79. The van der Waals surface area contributed by atoms with Crippen molar-refractivity contribution in [2.75, 3.05) is 13.7 Å². The molecule has 1 aliphatic rings. The Labute approximate surface area is 176 Å². The molecule has 0 radical (unpaired) electrons. The first-order chi connectivity index (χ1) is 14.5. The summed E-state index contributed by atoms with van der Waals surface area (Å²) in [6, 6.07) is 19.0. The molecule has 0 N–H and O–H groups in total. The lowest BCUT2D eigenvalue weighted by Gasteiger charge is -2.24. The van der Waals surface area contributed by atoms with Crippen molar-refractivity contribution in [2.45, 2.75) is 29.5 Å². The number of furan rings is 1. The predicted octanol–water partition coefficient (Wildman–Crippen LogP) is 4.24. The van der Waals surface area contributed by atoms with Crippen LogP contribution in [-0.2, 0) is 15.6 Å². The van der Waals surface area contributed by atoms with Crippen molar-refractivity contribution in [3.05, 3.63) is 83.8 Å². The van der Waals surface area contributed by atoms with Crippen molar-refractivity contribution in [1.82, 2.24) is 4.90 Å². The molecule has 6 nitrogen and oxygen atoms in total. The Morgan fingerprint density at radius 2 is 1.80 bits per heavy atom. The second-order valence-corrected chi connectivity index (χ2v) is 9.26. The zero-order valence-corrected chi connectivity index (χ0v) is 17.5. The number of sulfone groups is 1. The minimum atomic E-state index is -3.54. The smallest absolute Gasteiger partial charge is 0.290 e. The lowest BCUT2D eigenvalue weighted by molar-refractivity contribution is 0.0701. The van der Waals surface area contributed by atoms with Crippen LogP contribution in [0.4, 0.5) is 0 Å². The van der Waals surface area contributed by atoms with Crippen LogP contribution in [0.5, 0.6) is 5.75 Å². The third-order valence-corrected chi connectivity index (χ3v) is 6.98. The molecule has 4 rings (SSSR count). The van der Waals surface area contributed by atoms with Crippen molar-refractivity contribution in [3.63, 3.8) is 0 Å². The molecule has 0 aliphatic carbocycles. The van der Waals surface area contributed by atoms with Crippen LogP contribution in [0.2, 0.25) is 0 Å². The van der Waals surface area contributed by atoms with E-state index in [2.05, 4.69) is 0 Å². The number of benzene rings is 2. The molecule has 1 aromatic heterocycles. The Morgan fingerprint density at radius 3 is 2.50 bits per heavy atom. The number of hydrogen-bond donors (Lipinski definition) is 0. The molecule has 1 aliphatic heterocycles. The van der Waals surface area contributed by atoms with Crippen LogP contribution in [0.15, 0.2) is 76.0 Å². The summed E-state index contributed by atoms with van der Waals surface area (Å²) < 4.78 is 36.0. The molecular weight excluding hydrogens is 402 g/mol. The number of nitrogens with zero attached hydrogens (tertiary/aromatic N) is 1. The van der Waals surface area contributed by atoms with E-state index in [0.717, 1.165) is 24.2 Å². The van der Waals surface area contributed by atoms with Gasteiger partial charge in [-0.05, 0) is 54.8 Å². The molecule has 156 valence electrons. The SMILES string of the molecule is COc1ccc(C2CCCN2C(=O)c2ccc(CS(=O)(=O)c3ccccc3)o2)cc1. The van der Waals surface area contributed by atoms with E-state index < -0.39 is 9.84 Å². The highest BCUT2D eigenvalue weighted by molar-refractivity contribution is 7.90. The fourth-order valence-corrected chi connectivity index (χ4v) is 5.06. The average Bonchev–Trinajstić information content (AvgIpc) is 3.43. The maximum Gasteiger partial charge on any atom is 0.290 e. The minimum Gasteiger partial charge on any atom is -0.497 e. The average molecular weight is 426 g/mol. The molecule has 1 fully saturated rings. The van der Waals surface area contributed by atoms with Gasteiger partial charge in [-0.3, -0.25) is 4.79 Å². The summed E-state index contributed by atoms with van der Waals surface area (Å²) in [5.74, 6) is 0.671. The lowest BCUT2D eigenvalue weighted by Crippen LogP contribution is -2.30. The van der Waals surface area contributed by atoms with Gasteiger partial charge in [0.2, 0.25) is 0 Å². The van der Waals surface area contributed by atoms with Gasteiger partial charge in [0, 0.05) is 6.54 Å². The summed E-state index contributed by atoms with van der Waals surface area (Å²) in [6.07, 6.45) is 1.77. The van der Waals surface area contributed by atoms with Gasteiger partial charge in [0.15, 0.2) is 15.6 Å². The third-order valence-electron chi connectivity index (χ3n) is 5.32. The van der Waals surface area contributed by atoms with Gasteiger partial charge in [-0.15, -0.1) is 0 Å².